The lowest BCUT2D eigenvalue weighted by Crippen LogP contribution is -2.02. The third kappa shape index (κ3) is 7.71. The zero-order valence-corrected chi connectivity index (χ0v) is 18.0. The predicted octanol–water partition coefficient (Wildman–Crippen LogP) is 6.50. The first-order valence-corrected chi connectivity index (χ1v) is 11.9. The lowest BCUT2D eigenvalue weighted by atomic mass is 10.0. The van der Waals surface area contributed by atoms with Gasteiger partial charge in [0.1, 0.15) is 22.1 Å². The summed E-state index contributed by atoms with van der Waals surface area (Å²) in [6, 6.07) is 10.9. The Hall–Kier alpha value is -2.05. The van der Waals surface area contributed by atoms with Crippen LogP contribution in [0.2, 0.25) is 0 Å². The molecule has 0 radical (unpaired) electrons. The molecule has 0 aliphatic heterocycles. The third-order valence-corrected chi connectivity index (χ3v) is 5.88. The Kier molecular flexibility index (Phi) is 9.48. The van der Waals surface area contributed by atoms with Crippen LogP contribution in [0, 0.1) is 0 Å². The molecule has 2 rings (SSSR count). The van der Waals surface area contributed by atoms with E-state index in [0.717, 1.165) is 12.8 Å². The minimum atomic E-state index is -4.40. The van der Waals surface area contributed by atoms with E-state index in [1.165, 1.54) is 63.1 Å². The maximum Gasteiger partial charge on any atom is 0.298 e. The predicted molar refractivity (Wildman–Crippen MR) is 115 cm³/mol. The van der Waals surface area contributed by atoms with E-state index in [2.05, 4.69) is 6.92 Å². The van der Waals surface area contributed by atoms with Gasteiger partial charge < -0.3 is 9.84 Å². The SMILES string of the molecule is CCCCCCCCCCCc1c(O)cccc1Oc1ccccc1S(=O)(=O)O. The molecule has 0 aliphatic rings. The maximum absolute atomic E-state index is 11.6. The van der Waals surface area contributed by atoms with Crippen molar-refractivity contribution in [2.45, 2.75) is 76.0 Å². The van der Waals surface area contributed by atoms with Gasteiger partial charge in [-0.05, 0) is 37.1 Å². The monoisotopic (exact) mass is 420 g/mol. The highest BCUT2D eigenvalue weighted by Crippen LogP contribution is 2.35. The number of unbranched alkanes of at least 4 members (excludes halogenated alkanes) is 8. The van der Waals surface area contributed by atoms with E-state index >= 15 is 0 Å². The van der Waals surface area contributed by atoms with Crippen molar-refractivity contribution in [2.75, 3.05) is 0 Å². The molecule has 0 saturated carbocycles. The summed E-state index contributed by atoms with van der Waals surface area (Å²) in [7, 11) is -4.40. The van der Waals surface area contributed by atoms with Crippen LogP contribution >= 0.6 is 0 Å². The number of hydrogen-bond acceptors (Lipinski definition) is 4. The van der Waals surface area contributed by atoms with Gasteiger partial charge >= 0.3 is 0 Å². The number of benzene rings is 2. The maximum atomic E-state index is 11.6. The smallest absolute Gasteiger partial charge is 0.298 e. The minimum Gasteiger partial charge on any atom is -0.508 e. The number of aromatic hydroxyl groups is 1. The summed E-state index contributed by atoms with van der Waals surface area (Å²) in [5.74, 6) is 0.570. The van der Waals surface area contributed by atoms with Gasteiger partial charge in [0.05, 0.1) is 0 Å². The zero-order chi connectivity index (χ0) is 21.1. The molecular weight excluding hydrogens is 388 g/mol. The Labute approximate surface area is 174 Å². The summed E-state index contributed by atoms with van der Waals surface area (Å²) in [5.41, 5.74) is 0.653. The molecule has 5 nitrogen and oxygen atoms in total. The molecule has 0 fully saturated rings. The van der Waals surface area contributed by atoms with Crippen LogP contribution < -0.4 is 4.74 Å². The number of rotatable bonds is 13. The fraction of sp³-hybridized carbons (Fsp3) is 0.478. The van der Waals surface area contributed by atoms with Gasteiger partial charge in [-0.15, -0.1) is 0 Å². The van der Waals surface area contributed by atoms with Gasteiger partial charge in [0.15, 0.2) is 0 Å². The highest BCUT2D eigenvalue weighted by atomic mass is 32.2. The summed E-state index contributed by atoms with van der Waals surface area (Å²) in [5, 5.41) is 10.3. The highest BCUT2D eigenvalue weighted by molar-refractivity contribution is 7.86. The van der Waals surface area contributed by atoms with Crippen molar-refractivity contribution >= 4 is 10.1 Å². The first-order valence-electron chi connectivity index (χ1n) is 10.5. The molecule has 0 heterocycles. The molecule has 0 atom stereocenters. The molecular formula is C23H32O5S. The zero-order valence-electron chi connectivity index (χ0n) is 17.1. The second-order valence-electron chi connectivity index (χ2n) is 7.36. The number of para-hydroxylation sites is 1. The summed E-state index contributed by atoms with van der Waals surface area (Å²) < 4.78 is 38.3. The average Bonchev–Trinajstić information content (AvgIpc) is 2.68. The van der Waals surface area contributed by atoms with Gasteiger partial charge in [0, 0.05) is 5.56 Å². The van der Waals surface area contributed by atoms with E-state index in [1.54, 1.807) is 24.3 Å². The molecule has 0 spiro atoms. The van der Waals surface area contributed by atoms with Crippen molar-refractivity contribution in [1.82, 2.24) is 0 Å². The second-order valence-corrected chi connectivity index (χ2v) is 8.75. The average molecular weight is 421 g/mol. The van der Waals surface area contributed by atoms with Crippen LogP contribution in [0.1, 0.15) is 70.3 Å². The van der Waals surface area contributed by atoms with Crippen LogP contribution in [-0.4, -0.2) is 18.1 Å². The van der Waals surface area contributed by atoms with Crippen molar-refractivity contribution in [3.8, 4) is 17.2 Å². The summed E-state index contributed by atoms with van der Waals surface area (Å²) in [6.45, 7) is 2.22. The Bertz CT molecular complexity index is 861. The molecule has 0 unspecified atom stereocenters. The van der Waals surface area contributed by atoms with Gasteiger partial charge in [-0.3, -0.25) is 4.55 Å². The first-order chi connectivity index (χ1) is 13.9. The van der Waals surface area contributed by atoms with Crippen LogP contribution in [-0.2, 0) is 16.5 Å². The van der Waals surface area contributed by atoms with Gasteiger partial charge in [-0.25, -0.2) is 0 Å². The fourth-order valence-electron chi connectivity index (χ4n) is 3.38. The van der Waals surface area contributed by atoms with Gasteiger partial charge in [0.2, 0.25) is 0 Å². The molecule has 160 valence electrons. The highest BCUT2D eigenvalue weighted by Gasteiger charge is 2.18. The van der Waals surface area contributed by atoms with E-state index in [9.17, 15) is 18.1 Å². The van der Waals surface area contributed by atoms with Crippen molar-refractivity contribution in [1.29, 1.82) is 0 Å². The van der Waals surface area contributed by atoms with Crippen molar-refractivity contribution < 1.29 is 22.8 Å². The van der Waals surface area contributed by atoms with Crippen LogP contribution in [0.25, 0.3) is 0 Å². The van der Waals surface area contributed by atoms with Crippen molar-refractivity contribution in [2.24, 2.45) is 0 Å². The van der Waals surface area contributed by atoms with E-state index < -0.39 is 10.1 Å². The fourth-order valence-corrected chi connectivity index (χ4v) is 3.99. The molecule has 29 heavy (non-hydrogen) atoms. The minimum absolute atomic E-state index is 0.0360. The molecule has 2 N–H and O–H groups in total. The molecule has 0 saturated heterocycles. The molecule has 0 amide bonds. The second kappa shape index (κ2) is 11.8. The Morgan fingerprint density at radius 2 is 1.38 bits per heavy atom. The van der Waals surface area contributed by atoms with Gasteiger partial charge in [-0.1, -0.05) is 76.5 Å². The van der Waals surface area contributed by atoms with E-state index in [-0.39, 0.29) is 16.4 Å². The molecule has 0 aromatic heterocycles. The standard InChI is InChI=1S/C23H32O5S/c1-2-3-4-5-6-7-8-9-10-14-19-20(24)15-13-17-21(19)28-22-16-11-12-18-23(22)29(25,26)27/h11-13,15-18,24H,2-10,14H2,1H3,(H,25,26,27). The molecule has 0 bridgehead atoms. The summed E-state index contributed by atoms with van der Waals surface area (Å²) in [4.78, 5) is -0.294. The first kappa shape index (κ1) is 23.2. The number of phenols is 1. The van der Waals surface area contributed by atoms with Crippen LogP contribution in [0.5, 0.6) is 17.2 Å². The topological polar surface area (TPSA) is 83.8 Å². The normalized spacial score (nSPS) is 11.5. The van der Waals surface area contributed by atoms with E-state index in [1.807, 2.05) is 0 Å². The Morgan fingerprint density at radius 1 is 0.793 bits per heavy atom. The Morgan fingerprint density at radius 3 is 2.03 bits per heavy atom. The quantitative estimate of drug-likeness (QED) is 0.285. The van der Waals surface area contributed by atoms with Gasteiger partial charge in [-0.2, -0.15) is 8.42 Å². The summed E-state index contributed by atoms with van der Waals surface area (Å²) in [6.07, 6.45) is 11.5. The molecule has 0 aliphatic carbocycles. The van der Waals surface area contributed by atoms with Crippen molar-refractivity contribution in [3.05, 3.63) is 48.0 Å². The molecule has 6 heteroatoms. The van der Waals surface area contributed by atoms with Crippen LogP contribution in [0.15, 0.2) is 47.4 Å². The van der Waals surface area contributed by atoms with Crippen molar-refractivity contribution in [3.63, 3.8) is 0 Å². The molecule has 2 aromatic carbocycles. The van der Waals surface area contributed by atoms with Crippen LogP contribution in [0.4, 0.5) is 0 Å². The third-order valence-electron chi connectivity index (χ3n) is 4.99. The summed E-state index contributed by atoms with van der Waals surface area (Å²) >= 11 is 0. The lowest BCUT2D eigenvalue weighted by Gasteiger charge is -2.14. The Balaban J connectivity index is 1.95. The number of phenolic OH excluding ortho intramolecular Hbond substituents is 1. The number of hydrogen-bond donors (Lipinski definition) is 2. The lowest BCUT2D eigenvalue weighted by molar-refractivity contribution is 0.429. The van der Waals surface area contributed by atoms with E-state index in [4.69, 9.17) is 4.74 Å². The molecule has 2 aromatic rings. The largest absolute Gasteiger partial charge is 0.508 e. The number of ether oxygens (including phenoxy) is 1. The van der Waals surface area contributed by atoms with Crippen LogP contribution in [0.3, 0.4) is 0 Å². The van der Waals surface area contributed by atoms with E-state index in [0.29, 0.717) is 17.7 Å². The van der Waals surface area contributed by atoms with Gasteiger partial charge in [0.25, 0.3) is 10.1 Å².